The summed E-state index contributed by atoms with van der Waals surface area (Å²) in [6, 6.07) is 16.4. The molecule has 3 nitrogen and oxygen atoms in total. The minimum atomic E-state index is -1.16. The summed E-state index contributed by atoms with van der Waals surface area (Å²) in [4.78, 5) is 10.7. The highest BCUT2D eigenvalue weighted by molar-refractivity contribution is 5.72. The number of benzene rings is 2. The number of carbonyl (C=O) groups excluding carboxylic acids is 1. The van der Waals surface area contributed by atoms with E-state index in [1.165, 1.54) is 0 Å². The third kappa shape index (κ3) is 2.52. The van der Waals surface area contributed by atoms with E-state index in [2.05, 4.69) is 5.73 Å². The SMILES string of the molecule is [NH3+][C@H](C(=O)[O-])c1ccc(-c2ccccc2)cc1. The summed E-state index contributed by atoms with van der Waals surface area (Å²) in [5, 5.41) is 10.7. The van der Waals surface area contributed by atoms with E-state index in [0.717, 1.165) is 11.1 Å². The lowest BCUT2D eigenvalue weighted by Gasteiger charge is -2.10. The lowest BCUT2D eigenvalue weighted by Crippen LogP contribution is -2.60. The normalized spacial score (nSPS) is 12.1. The van der Waals surface area contributed by atoms with Crippen LogP contribution in [0.2, 0.25) is 0 Å². The molecule has 0 aliphatic carbocycles. The molecule has 0 aliphatic heterocycles. The first-order valence-electron chi connectivity index (χ1n) is 5.38. The van der Waals surface area contributed by atoms with Crippen molar-refractivity contribution in [1.82, 2.24) is 0 Å². The van der Waals surface area contributed by atoms with E-state index in [9.17, 15) is 9.90 Å². The minimum absolute atomic E-state index is 0.657. The highest BCUT2D eigenvalue weighted by Gasteiger charge is 2.10. The summed E-state index contributed by atoms with van der Waals surface area (Å²) < 4.78 is 0. The fourth-order valence-corrected chi connectivity index (χ4v) is 1.67. The van der Waals surface area contributed by atoms with Gasteiger partial charge in [0.25, 0.3) is 0 Å². The van der Waals surface area contributed by atoms with E-state index in [4.69, 9.17) is 0 Å². The average Bonchev–Trinajstić information content (AvgIpc) is 2.39. The molecule has 0 fully saturated rings. The molecule has 2 rings (SSSR count). The van der Waals surface area contributed by atoms with Crippen LogP contribution in [0.5, 0.6) is 0 Å². The number of aliphatic carboxylic acids is 1. The molecule has 3 heteroatoms. The van der Waals surface area contributed by atoms with Crippen LogP contribution in [0.3, 0.4) is 0 Å². The van der Waals surface area contributed by atoms with Crippen LogP contribution in [0.4, 0.5) is 0 Å². The Morgan fingerprint density at radius 1 is 0.941 bits per heavy atom. The second-order valence-electron chi connectivity index (χ2n) is 3.86. The number of carboxylic acids is 1. The second kappa shape index (κ2) is 4.80. The van der Waals surface area contributed by atoms with Gasteiger partial charge in [0.05, 0.1) is 0 Å². The Morgan fingerprint density at radius 2 is 1.47 bits per heavy atom. The maximum absolute atomic E-state index is 10.7. The van der Waals surface area contributed by atoms with Gasteiger partial charge in [-0.3, -0.25) is 0 Å². The van der Waals surface area contributed by atoms with Crippen LogP contribution in [0.15, 0.2) is 54.6 Å². The first-order valence-corrected chi connectivity index (χ1v) is 5.38. The summed E-state index contributed by atoms with van der Waals surface area (Å²) in [5.41, 5.74) is 6.37. The Bertz CT molecular complexity index is 506. The number of rotatable bonds is 3. The van der Waals surface area contributed by atoms with Crippen molar-refractivity contribution in [2.24, 2.45) is 0 Å². The minimum Gasteiger partial charge on any atom is -0.544 e. The van der Waals surface area contributed by atoms with E-state index in [1.807, 2.05) is 42.5 Å². The van der Waals surface area contributed by atoms with Crippen molar-refractivity contribution >= 4 is 5.97 Å². The van der Waals surface area contributed by atoms with E-state index < -0.39 is 12.0 Å². The molecule has 2 aromatic rings. The molecule has 0 aliphatic rings. The van der Waals surface area contributed by atoms with Crippen molar-refractivity contribution in [2.45, 2.75) is 6.04 Å². The molecule has 1 atom stereocenters. The zero-order valence-corrected chi connectivity index (χ0v) is 9.30. The van der Waals surface area contributed by atoms with Gasteiger partial charge in [-0.15, -0.1) is 0 Å². The smallest absolute Gasteiger partial charge is 0.150 e. The average molecular weight is 227 g/mol. The monoisotopic (exact) mass is 227 g/mol. The molecule has 0 spiro atoms. The number of quaternary nitrogens is 1. The molecule has 17 heavy (non-hydrogen) atoms. The van der Waals surface area contributed by atoms with Crippen LogP contribution in [0.1, 0.15) is 11.6 Å². The van der Waals surface area contributed by atoms with Gasteiger partial charge in [0.15, 0.2) is 6.04 Å². The maximum atomic E-state index is 10.7. The molecule has 0 heterocycles. The van der Waals surface area contributed by atoms with Crippen molar-refractivity contribution in [3.05, 3.63) is 60.2 Å². The van der Waals surface area contributed by atoms with Gasteiger partial charge in [0.1, 0.15) is 5.97 Å². The quantitative estimate of drug-likeness (QED) is 0.824. The topological polar surface area (TPSA) is 67.8 Å². The molecular weight excluding hydrogens is 214 g/mol. The van der Waals surface area contributed by atoms with Crippen LogP contribution < -0.4 is 10.8 Å². The zero-order valence-electron chi connectivity index (χ0n) is 9.30. The van der Waals surface area contributed by atoms with E-state index in [1.54, 1.807) is 12.1 Å². The fourth-order valence-electron chi connectivity index (χ4n) is 1.67. The van der Waals surface area contributed by atoms with Gasteiger partial charge in [0, 0.05) is 5.56 Å². The number of hydrogen-bond donors (Lipinski definition) is 1. The predicted molar refractivity (Wildman–Crippen MR) is 62.5 cm³/mol. The van der Waals surface area contributed by atoms with Crippen LogP contribution in [0, 0.1) is 0 Å². The largest absolute Gasteiger partial charge is 0.544 e. The van der Waals surface area contributed by atoms with Crippen molar-refractivity contribution in [3.63, 3.8) is 0 Å². The summed E-state index contributed by atoms with van der Waals surface area (Å²) >= 11 is 0. The third-order valence-corrected chi connectivity index (χ3v) is 2.70. The number of hydrogen-bond acceptors (Lipinski definition) is 2. The van der Waals surface area contributed by atoms with E-state index in [0.29, 0.717) is 5.56 Å². The van der Waals surface area contributed by atoms with Crippen LogP contribution in [0.25, 0.3) is 11.1 Å². The van der Waals surface area contributed by atoms with Crippen LogP contribution >= 0.6 is 0 Å². The standard InChI is InChI=1S/C14H13NO2/c15-13(14(16)17)12-8-6-11(7-9-12)10-4-2-1-3-5-10/h1-9,13H,15H2,(H,16,17)/t13-/m0/s1. The van der Waals surface area contributed by atoms with Gasteiger partial charge in [-0.05, 0) is 11.1 Å². The first-order chi connectivity index (χ1) is 8.18. The van der Waals surface area contributed by atoms with Gasteiger partial charge in [-0.2, -0.15) is 0 Å². The number of carbonyl (C=O) groups is 1. The molecule has 0 saturated carbocycles. The first kappa shape index (κ1) is 11.4. The van der Waals surface area contributed by atoms with Gasteiger partial charge < -0.3 is 15.6 Å². The molecule has 0 unspecified atom stereocenters. The van der Waals surface area contributed by atoms with Gasteiger partial charge in [-0.1, -0.05) is 54.6 Å². The molecule has 0 bridgehead atoms. The molecule has 3 N–H and O–H groups in total. The lowest BCUT2D eigenvalue weighted by atomic mass is 10.0. The van der Waals surface area contributed by atoms with Crippen LogP contribution in [-0.2, 0) is 4.79 Å². The summed E-state index contributed by atoms with van der Waals surface area (Å²) in [6.07, 6.45) is 0. The third-order valence-electron chi connectivity index (χ3n) is 2.70. The fraction of sp³-hybridized carbons (Fsp3) is 0.0714. The zero-order chi connectivity index (χ0) is 12.3. The van der Waals surface area contributed by atoms with Gasteiger partial charge in [0.2, 0.25) is 0 Å². The van der Waals surface area contributed by atoms with E-state index >= 15 is 0 Å². The lowest BCUT2D eigenvalue weighted by molar-refractivity contribution is -0.443. The van der Waals surface area contributed by atoms with Gasteiger partial charge in [-0.25, -0.2) is 0 Å². The Hall–Kier alpha value is -2.13. The van der Waals surface area contributed by atoms with Gasteiger partial charge >= 0.3 is 0 Å². The summed E-state index contributed by atoms with van der Waals surface area (Å²) in [6.45, 7) is 0. The van der Waals surface area contributed by atoms with Crippen molar-refractivity contribution in [1.29, 1.82) is 0 Å². The molecule has 0 amide bonds. The predicted octanol–water partition coefficient (Wildman–Crippen LogP) is 0.387. The van der Waals surface area contributed by atoms with Crippen molar-refractivity contribution in [2.75, 3.05) is 0 Å². The molecule has 0 saturated heterocycles. The summed E-state index contributed by atoms with van der Waals surface area (Å²) in [5.74, 6) is -1.16. The molecule has 86 valence electrons. The summed E-state index contributed by atoms with van der Waals surface area (Å²) in [7, 11) is 0. The maximum Gasteiger partial charge on any atom is 0.150 e. The van der Waals surface area contributed by atoms with Crippen molar-refractivity contribution < 1.29 is 15.6 Å². The Labute approximate surface area is 99.5 Å². The van der Waals surface area contributed by atoms with Crippen molar-refractivity contribution in [3.8, 4) is 11.1 Å². The molecule has 0 radical (unpaired) electrons. The Morgan fingerprint density at radius 3 is 2.00 bits per heavy atom. The number of carboxylic acid groups (broad SMARTS) is 1. The van der Waals surface area contributed by atoms with E-state index in [-0.39, 0.29) is 0 Å². The Kier molecular flexibility index (Phi) is 3.21. The highest BCUT2D eigenvalue weighted by atomic mass is 16.4. The highest BCUT2D eigenvalue weighted by Crippen LogP contribution is 2.20. The Balaban J connectivity index is 2.28. The molecule has 0 aromatic heterocycles. The molecule has 2 aromatic carbocycles. The van der Waals surface area contributed by atoms with Crippen LogP contribution in [-0.4, -0.2) is 5.97 Å². The second-order valence-corrected chi connectivity index (χ2v) is 3.86. The molecular formula is C14H13NO2.